The summed E-state index contributed by atoms with van der Waals surface area (Å²) in [5, 5.41) is 2.89. The average molecular weight is 452 g/mol. The maximum absolute atomic E-state index is 12.8. The van der Waals surface area contributed by atoms with Crippen molar-refractivity contribution in [2.75, 3.05) is 23.3 Å². The standard InChI is InChI=1S/C21H21ClF3N5O/c1-2-30-17-6-4-3-5-16(17)27-20(30)28-19(31)13-7-9-29(10-8-13)18-15(22)11-14(12-26-18)21(23,24)25/h3-6,11-13H,2,7-10H2,1H3,(H,27,28,31). The third kappa shape index (κ3) is 4.32. The first-order valence-electron chi connectivity index (χ1n) is 10.0. The zero-order valence-electron chi connectivity index (χ0n) is 16.8. The van der Waals surface area contributed by atoms with Gasteiger partial charge in [0.2, 0.25) is 11.9 Å². The normalized spacial score (nSPS) is 15.5. The molecule has 0 saturated carbocycles. The Kier molecular flexibility index (Phi) is 5.79. The first kappa shape index (κ1) is 21.4. The Labute approximate surface area is 182 Å². The van der Waals surface area contributed by atoms with Gasteiger partial charge in [0.05, 0.1) is 21.6 Å². The number of carbonyl (C=O) groups excluding carboxylic acids is 1. The third-order valence-corrected chi connectivity index (χ3v) is 5.80. The number of rotatable bonds is 4. The van der Waals surface area contributed by atoms with Gasteiger partial charge in [-0.2, -0.15) is 13.2 Å². The monoisotopic (exact) mass is 451 g/mol. The molecule has 0 aliphatic carbocycles. The number of nitrogens with one attached hydrogen (secondary N) is 1. The van der Waals surface area contributed by atoms with Gasteiger partial charge in [-0.05, 0) is 38.0 Å². The molecule has 1 fully saturated rings. The molecule has 1 amide bonds. The molecule has 0 radical (unpaired) electrons. The van der Waals surface area contributed by atoms with Gasteiger partial charge in [0, 0.05) is 31.7 Å². The Hall–Kier alpha value is -2.81. The number of halogens is 4. The lowest BCUT2D eigenvalue weighted by molar-refractivity contribution is -0.137. The summed E-state index contributed by atoms with van der Waals surface area (Å²) in [5.41, 5.74) is 0.893. The number of para-hydroxylation sites is 2. The van der Waals surface area contributed by atoms with Gasteiger partial charge in [-0.25, -0.2) is 9.97 Å². The van der Waals surface area contributed by atoms with Crippen molar-refractivity contribution in [1.82, 2.24) is 14.5 Å². The number of amides is 1. The van der Waals surface area contributed by atoms with Crippen LogP contribution in [0.25, 0.3) is 11.0 Å². The van der Waals surface area contributed by atoms with Crippen molar-refractivity contribution in [1.29, 1.82) is 0 Å². The van der Waals surface area contributed by atoms with Crippen LogP contribution in [0.3, 0.4) is 0 Å². The van der Waals surface area contributed by atoms with Crippen molar-refractivity contribution in [3.63, 3.8) is 0 Å². The SMILES string of the molecule is CCn1c(NC(=O)C2CCN(c3ncc(C(F)(F)F)cc3Cl)CC2)nc2ccccc21. The van der Waals surface area contributed by atoms with Gasteiger partial charge < -0.3 is 9.47 Å². The van der Waals surface area contributed by atoms with E-state index in [0.717, 1.165) is 23.3 Å². The van der Waals surface area contributed by atoms with Gasteiger partial charge >= 0.3 is 6.18 Å². The second-order valence-corrected chi connectivity index (χ2v) is 7.85. The fourth-order valence-electron chi connectivity index (χ4n) is 3.88. The Morgan fingerprint density at radius 2 is 1.97 bits per heavy atom. The lowest BCUT2D eigenvalue weighted by Crippen LogP contribution is -2.39. The van der Waals surface area contributed by atoms with E-state index in [1.165, 1.54) is 0 Å². The molecule has 1 aliphatic heterocycles. The van der Waals surface area contributed by atoms with Gasteiger partial charge in [0.15, 0.2) is 0 Å². The number of hydrogen-bond acceptors (Lipinski definition) is 4. The highest BCUT2D eigenvalue weighted by Crippen LogP contribution is 2.34. The van der Waals surface area contributed by atoms with Crippen molar-refractivity contribution >= 4 is 40.3 Å². The Balaban J connectivity index is 1.42. The summed E-state index contributed by atoms with van der Waals surface area (Å²) in [6.45, 7) is 3.61. The van der Waals surface area contributed by atoms with Gasteiger partial charge in [0.25, 0.3) is 0 Å². The highest BCUT2D eigenvalue weighted by Gasteiger charge is 2.33. The minimum Gasteiger partial charge on any atom is -0.355 e. The quantitative estimate of drug-likeness (QED) is 0.607. The van der Waals surface area contributed by atoms with Gasteiger partial charge in [-0.1, -0.05) is 23.7 Å². The fourth-order valence-corrected chi connectivity index (χ4v) is 4.16. The maximum atomic E-state index is 12.8. The zero-order chi connectivity index (χ0) is 22.2. The van der Waals surface area contributed by atoms with E-state index in [2.05, 4.69) is 15.3 Å². The van der Waals surface area contributed by atoms with Crippen LogP contribution in [-0.2, 0) is 17.5 Å². The minimum atomic E-state index is -4.49. The van der Waals surface area contributed by atoms with E-state index in [-0.39, 0.29) is 16.8 Å². The maximum Gasteiger partial charge on any atom is 0.417 e. The molecule has 1 aromatic carbocycles. The van der Waals surface area contributed by atoms with Crippen molar-refractivity contribution in [2.24, 2.45) is 5.92 Å². The lowest BCUT2D eigenvalue weighted by Gasteiger charge is -2.32. The summed E-state index contributed by atoms with van der Waals surface area (Å²) in [6.07, 6.45) is -2.63. The number of pyridine rings is 1. The molecule has 3 aromatic rings. The first-order valence-corrected chi connectivity index (χ1v) is 10.4. The van der Waals surface area contributed by atoms with Gasteiger partial charge in [-0.15, -0.1) is 0 Å². The number of hydrogen-bond donors (Lipinski definition) is 1. The molecule has 3 heterocycles. The van der Waals surface area contributed by atoms with E-state index >= 15 is 0 Å². The minimum absolute atomic E-state index is 0.0469. The predicted octanol–water partition coefficient (Wildman–Crippen LogP) is 4.98. The first-order chi connectivity index (χ1) is 14.8. The Morgan fingerprint density at radius 1 is 1.26 bits per heavy atom. The second kappa shape index (κ2) is 8.37. The zero-order valence-corrected chi connectivity index (χ0v) is 17.5. The van der Waals surface area contributed by atoms with Crippen LogP contribution < -0.4 is 10.2 Å². The number of anilines is 2. The predicted molar refractivity (Wildman–Crippen MR) is 113 cm³/mol. The van der Waals surface area contributed by atoms with Crippen molar-refractivity contribution in [3.05, 3.63) is 47.1 Å². The number of nitrogens with zero attached hydrogens (tertiary/aromatic N) is 4. The van der Waals surface area contributed by atoms with Crippen LogP contribution in [-0.4, -0.2) is 33.5 Å². The molecule has 0 spiro atoms. The van der Waals surface area contributed by atoms with Crippen LogP contribution in [0.4, 0.5) is 24.9 Å². The molecule has 10 heteroatoms. The summed E-state index contributed by atoms with van der Waals surface area (Å²) in [6, 6.07) is 8.57. The Bertz CT molecular complexity index is 1110. The van der Waals surface area contributed by atoms with E-state index in [1.807, 2.05) is 40.7 Å². The molecule has 6 nitrogen and oxygen atoms in total. The number of fused-ring (bicyclic) bond motifs is 1. The van der Waals surface area contributed by atoms with E-state index in [1.54, 1.807) is 0 Å². The van der Waals surface area contributed by atoms with E-state index < -0.39 is 11.7 Å². The number of aromatic nitrogens is 3. The number of alkyl halides is 3. The molecule has 4 rings (SSSR count). The summed E-state index contributed by atoms with van der Waals surface area (Å²) in [4.78, 5) is 23.1. The number of carbonyl (C=O) groups is 1. The highest BCUT2D eigenvalue weighted by atomic mass is 35.5. The van der Waals surface area contributed by atoms with Gasteiger partial charge in [0.1, 0.15) is 5.82 Å². The molecule has 0 bridgehead atoms. The van der Waals surface area contributed by atoms with Crippen molar-refractivity contribution in [3.8, 4) is 0 Å². The molecule has 31 heavy (non-hydrogen) atoms. The summed E-state index contributed by atoms with van der Waals surface area (Å²) in [7, 11) is 0. The summed E-state index contributed by atoms with van der Waals surface area (Å²) >= 11 is 6.05. The van der Waals surface area contributed by atoms with Crippen molar-refractivity contribution in [2.45, 2.75) is 32.5 Å². The van der Waals surface area contributed by atoms with Crippen LogP contribution in [0.2, 0.25) is 5.02 Å². The average Bonchev–Trinajstić information content (AvgIpc) is 3.10. The van der Waals surface area contributed by atoms with Crippen molar-refractivity contribution < 1.29 is 18.0 Å². The molecule has 1 saturated heterocycles. The summed E-state index contributed by atoms with van der Waals surface area (Å²) in [5.74, 6) is 0.482. The molecule has 1 aliphatic rings. The van der Waals surface area contributed by atoms with E-state index in [4.69, 9.17) is 11.6 Å². The number of aryl methyl sites for hydroxylation is 1. The molecular weight excluding hydrogens is 431 g/mol. The fraction of sp³-hybridized carbons (Fsp3) is 0.381. The largest absolute Gasteiger partial charge is 0.417 e. The van der Waals surface area contributed by atoms with Gasteiger partial charge in [-0.3, -0.25) is 10.1 Å². The molecule has 1 N–H and O–H groups in total. The molecular formula is C21H21ClF3N5O. The number of benzene rings is 1. The topological polar surface area (TPSA) is 63.1 Å². The van der Waals surface area contributed by atoms with E-state index in [0.29, 0.717) is 44.2 Å². The number of piperidine rings is 1. The van der Waals surface area contributed by atoms with Crippen LogP contribution in [0.1, 0.15) is 25.3 Å². The van der Waals surface area contributed by atoms with Crippen LogP contribution in [0, 0.1) is 5.92 Å². The second-order valence-electron chi connectivity index (χ2n) is 7.45. The smallest absolute Gasteiger partial charge is 0.355 e. The van der Waals surface area contributed by atoms with Crippen LogP contribution >= 0.6 is 11.6 Å². The molecule has 2 aromatic heterocycles. The molecule has 164 valence electrons. The van der Waals surface area contributed by atoms with Crippen LogP contribution in [0.15, 0.2) is 36.5 Å². The Morgan fingerprint density at radius 3 is 2.61 bits per heavy atom. The highest BCUT2D eigenvalue weighted by molar-refractivity contribution is 6.33. The lowest BCUT2D eigenvalue weighted by atomic mass is 9.96. The third-order valence-electron chi connectivity index (χ3n) is 5.52. The molecule has 0 atom stereocenters. The van der Waals surface area contributed by atoms with Crippen LogP contribution in [0.5, 0.6) is 0 Å². The summed E-state index contributed by atoms with van der Waals surface area (Å²) < 4.78 is 40.4. The number of imidazole rings is 1. The van der Waals surface area contributed by atoms with E-state index in [9.17, 15) is 18.0 Å². The molecule has 0 unspecified atom stereocenters.